The molecule has 126 valence electrons. The van der Waals surface area contributed by atoms with Crippen LogP contribution in [-0.4, -0.2) is 52.8 Å². The highest BCUT2D eigenvalue weighted by Gasteiger charge is 2.46. The molecule has 2 aliphatic rings. The van der Waals surface area contributed by atoms with Gasteiger partial charge in [0.15, 0.2) is 6.39 Å². The summed E-state index contributed by atoms with van der Waals surface area (Å²) in [5.74, 6) is 0.373. The van der Waals surface area contributed by atoms with Gasteiger partial charge in [-0.25, -0.2) is 4.98 Å². The second-order valence-electron chi connectivity index (χ2n) is 6.66. The minimum absolute atomic E-state index is 0.0425. The van der Waals surface area contributed by atoms with Gasteiger partial charge in [0.25, 0.3) is 5.91 Å². The topological polar surface area (TPSA) is 66.7 Å². The Kier molecular flexibility index (Phi) is 3.88. The molecule has 6 nitrogen and oxygen atoms in total. The van der Waals surface area contributed by atoms with Crippen molar-refractivity contribution >= 4 is 23.2 Å². The Bertz CT molecular complexity index is 728. The van der Waals surface area contributed by atoms with Crippen LogP contribution in [0.15, 0.2) is 34.5 Å². The third-order valence-electron chi connectivity index (χ3n) is 5.07. The van der Waals surface area contributed by atoms with Gasteiger partial charge in [0.2, 0.25) is 11.7 Å². The molecular formula is C17H19N3O3S. The molecule has 1 spiro atoms. The molecule has 0 bridgehead atoms. The monoisotopic (exact) mass is 345 g/mol. The Balaban J connectivity index is 1.38. The molecule has 2 aromatic heterocycles. The number of carbonyl (C=O) groups excluding carboxylic acids is 2. The van der Waals surface area contributed by atoms with Gasteiger partial charge in [-0.2, -0.15) is 0 Å². The number of oxazole rings is 1. The van der Waals surface area contributed by atoms with Crippen molar-refractivity contribution < 1.29 is 14.0 Å². The molecule has 0 saturated carbocycles. The number of likely N-dealkylation sites (tertiary alicyclic amines) is 2. The lowest BCUT2D eigenvalue weighted by Crippen LogP contribution is -2.36. The lowest BCUT2D eigenvalue weighted by molar-refractivity contribution is -0.129. The van der Waals surface area contributed by atoms with Crippen molar-refractivity contribution in [2.45, 2.75) is 19.3 Å². The van der Waals surface area contributed by atoms with Crippen LogP contribution in [0.3, 0.4) is 0 Å². The van der Waals surface area contributed by atoms with Crippen molar-refractivity contribution in [3.05, 3.63) is 40.7 Å². The van der Waals surface area contributed by atoms with Crippen molar-refractivity contribution in [1.29, 1.82) is 0 Å². The zero-order chi connectivity index (χ0) is 16.6. The van der Waals surface area contributed by atoms with Gasteiger partial charge in [0.05, 0.1) is 12.6 Å². The Hall–Kier alpha value is -2.15. The number of hydrogen-bond acceptors (Lipinski definition) is 5. The van der Waals surface area contributed by atoms with Gasteiger partial charge in [-0.3, -0.25) is 9.59 Å². The first kappa shape index (κ1) is 15.4. The first-order chi connectivity index (χ1) is 11.7. The number of amides is 2. The summed E-state index contributed by atoms with van der Waals surface area (Å²) in [6.45, 7) is 2.94. The maximum Gasteiger partial charge on any atom is 0.291 e. The van der Waals surface area contributed by atoms with Gasteiger partial charge in [0.1, 0.15) is 0 Å². The average Bonchev–Trinajstić information content (AvgIpc) is 3.37. The Morgan fingerprint density at radius 1 is 1.25 bits per heavy atom. The third kappa shape index (κ3) is 2.84. The molecule has 1 unspecified atom stereocenters. The predicted molar refractivity (Wildman–Crippen MR) is 88.7 cm³/mol. The molecule has 4 rings (SSSR count). The van der Waals surface area contributed by atoms with Crippen LogP contribution in [0.4, 0.5) is 0 Å². The van der Waals surface area contributed by atoms with E-state index in [-0.39, 0.29) is 23.0 Å². The van der Waals surface area contributed by atoms with Gasteiger partial charge in [-0.1, -0.05) is 6.07 Å². The van der Waals surface area contributed by atoms with Crippen molar-refractivity contribution in [3.63, 3.8) is 0 Å². The molecule has 7 heteroatoms. The summed E-state index contributed by atoms with van der Waals surface area (Å²) in [6.07, 6.45) is 5.12. The van der Waals surface area contributed by atoms with E-state index in [1.807, 2.05) is 27.3 Å². The molecule has 2 fully saturated rings. The van der Waals surface area contributed by atoms with Crippen LogP contribution in [0, 0.1) is 5.41 Å². The standard InChI is InChI=1S/C17H19N3O3S/c21-15(8-13-2-1-7-24-13)19-5-3-17(10-19)4-6-20(11-17)16(22)14-9-18-12-23-14/h1-2,7,9,12H,3-6,8,10-11H2. The van der Waals surface area contributed by atoms with E-state index in [0.717, 1.165) is 30.8 Å². The van der Waals surface area contributed by atoms with Crippen LogP contribution >= 0.6 is 11.3 Å². The number of nitrogens with zero attached hydrogens (tertiary/aromatic N) is 3. The van der Waals surface area contributed by atoms with Crippen LogP contribution < -0.4 is 0 Å². The molecule has 24 heavy (non-hydrogen) atoms. The molecule has 1 atom stereocenters. The molecule has 0 aliphatic carbocycles. The smallest absolute Gasteiger partial charge is 0.291 e. The van der Waals surface area contributed by atoms with E-state index in [0.29, 0.717) is 19.5 Å². The number of thiophene rings is 1. The second-order valence-corrected chi connectivity index (χ2v) is 7.70. The maximum atomic E-state index is 12.5. The van der Waals surface area contributed by atoms with Crippen molar-refractivity contribution in [3.8, 4) is 0 Å². The molecule has 2 saturated heterocycles. The van der Waals surface area contributed by atoms with Gasteiger partial charge in [0, 0.05) is 36.5 Å². The maximum absolute atomic E-state index is 12.5. The SMILES string of the molecule is O=C(Cc1cccs1)N1CCC2(CCN(C(=O)c3cnco3)C2)C1. The summed E-state index contributed by atoms with van der Waals surface area (Å²) in [5, 5.41) is 2.00. The largest absolute Gasteiger partial charge is 0.438 e. The molecule has 0 aromatic carbocycles. The summed E-state index contributed by atoms with van der Waals surface area (Å²) < 4.78 is 5.11. The fourth-order valence-corrected chi connectivity index (χ4v) is 4.44. The Morgan fingerprint density at radius 3 is 2.75 bits per heavy atom. The van der Waals surface area contributed by atoms with Gasteiger partial charge in [-0.05, 0) is 24.3 Å². The third-order valence-corrected chi connectivity index (χ3v) is 5.94. The minimum atomic E-state index is -0.104. The summed E-state index contributed by atoms with van der Waals surface area (Å²) in [5.41, 5.74) is 0.0425. The van der Waals surface area contributed by atoms with Crippen LogP contribution in [0.2, 0.25) is 0 Å². The highest BCUT2D eigenvalue weighted by molar-refractivity contribution is 7.10. The van der Waals surface area contributed by atoms with Crippen LogP contribution in [0.25, 0.3) is 0 Å². The number of carbonyl (C=O) groups is 2. The Morgan fingerprint density at radius 2 is 2.04 bits per heavy atom. The summed E-state index contributed by atoms with van der Waals surface area (Å²) in [7, 11) is 0. The second kappa shape index (κ2) is 6.05. The molecule has 2 aliphatic heterocycles. The lowest BCUT2D eigenvalue weighted by Gasteiger charge is -2.24. The van der Waals surface area contributed by atoms with Crippen molar-refractivity contribution in [2.24, 2.45) is 5.41 Å². The zero-order valence-electron chi connectivity index (χ0n) is 13.3. The average molecular weight is 345 g/mol. The lowest BCUT2D eigenvalue weighted by atomic mass is 9.86. The van der Waals surface area contributed by atoms with Crippen molar-refractivity contribution in [2.75, 3.05) is 26.2 Å². The number of hydrogen-bond donors (Lipinski definition) is 0. The van der Waals surface area contributed by atoms with Crippen LogP contribution in [0.5, 0.6) is 0 Å². The molecule has 2 amide bonds. The summed E-state index contributed by atoms with van der Waals surface area (Å²) in [4.78, 5) is 33.6. The van der Waals surface area contributed by atoms with E-state index < -0.39 is 0 Å². The first-order valence-electron chi connectivity index (χ1n) is 8.13. The van der Waals surface area contributed by atoms with Crippen molar-refractivity contribution in [1.82, 2.24) is 14.8 Å². The predicted octanol–water partition coefficient (Wildman–Crippen LogP) is 2.04. The summed E-state index contributed by atoms with van der Waals surface area (Å²) >= 11 is 1.62. The molecule has 2 aromatic rings. The molecule has 4 heterocycles. The quantitative estimate of drug-likeness (QED) is 0.854. The van der Waals surface area contributed by atoms with E-state index in [1.165, 1.54) is 12.6 Å². The summed E-state index contributed by atoms with van der Waals surface area (Å²) in [6, 6.07) is 3.98. The molecular weight excluding hydrogens is 326 g/mol. The number of aromatic nitrogens is 1. The molecule has 0 radical (unpaired) electrons. The van der Waals surface area contributed by atoms with Gasteiger partial charge in [-0.15, -0.1) is 11.3 Å². The van der Waals surface area contributed by atoms with Crippen LogP contribution in [0.1, 0.15) is 28.3 Å². The fraction of sp³-hybridized carbons (Fsp3) is 0.471. The van der Waals surface area contributed by atoms with Gasteiger partial charge >= 0.3 is 0 Å². The highest BCUT2D eigenvalue weighted by Crippen LogP contribution is 2.40. The van der Waals surface area contributed by atoms with E-state index in [2.05, 4.69) is 4.98 Å². The minimum Gasteiger partial charge on any atom is -0.438 e. The first-order valence-corrected chi connectivity index (χ1v) is 9.01. The molecule has 0 N–H and O–H groups in total. The van der Waals surface area contributed by atoms with E-state index >= 15 is 0 Å². The normalized spacial score (nSPS) is 23.3. The van der Waals surface area contributed by atoms with E-state index in [9.17, 15) is 9.59 Å². The van der Waals surface area contributed by atoms with Crippen LogP contribution in [-0.2, 0) is 11.2 Å². The highest BCUT2D eigenvalue weighted by atomic mass is 32.1. The van der Waals surface area contributed by atoms with E-state index in [1.54, 1.807) is 11.3 Å². The zero-order valence-corrected chi connectivity index (χ0v) is 14.1. The van der Waals surface area contributed by atoms with E-state index in [4.69, 9.17) is 4.42 Å². The fourth-order valence-electron chi connectivity index (χ4n) is 3.74. The Labute approximate surface area is 144 Å². The number of rotatable bonds is 3. The van der Waals surface area contributed by atoms with Gasteiger partial charge < -0.3 is 14.2 Å².